The molecule has 2 unspecified atom stereocenters. The largest absolute Gasteiger partial charge is 0.378 e. The molecule has 0 amide bonds. The molecule has 2 aliphatic rings. The van der Waals surface area contributed by atoms with E-state index in [-0.39, 0.29) is 0 Å². The lowest BCUT2D eigenvalue weighted by Crippen LogP contribution is -2.58. The number of nitrogens with zero attached hydrogens (tertiary/aromatic N) is 1. The second kappa shape index (κ2) is 5.48. The van der Waals surface area contributed by atoms with Crippen molar-refractivity contribution in [2.45, 2.75) is 57.7 Å². The Bertz CT molecular complexity index is 216. The summed E-state index contributed by atoms with van der Waals surface area (Å²) >= 11 is 0. The van der Waals surface area contributed by atoms with Crippen LogP contribution in [0.15, 0.2) is 0 Å². The molecule has 2 N–H and O–H groups in total. The molecule has 0 radical (unpaired) electrons. The van der Waals surface area contributed by atoms with Gasteiger partial charge >= 0.3 is 0 Å². The fourth-order valence-corrected chi connectivity index (χ4v) is 3.28. The van der Waals surface area contributed by atoms with Gasteiger partial charge in [-0.1, -0.05) is 6.92 Å². The standard InChI is InChI=1S/C13H26N2O/c1-3-16-12-7-11(8-12)15-6-4-5-10(2)13(15)9-14/h10-13H,3-9,14H2,1-2H3. The minimum absolute atomic E-state index is 0.519. The summed E-state index contributed by atoms with van der Waals surface area (Å²) in [5, 5.41) is 0. The molecule has 0 aromatic heterocycles. The molecule has 1 aliphatic heterocycles. The van der Waals surface area contributed by atoms with Crippen LogP contribution in [0.1, 0.15) is 39.5 Å². The lowest BCUT2D eigenvalue weighted by molar-refractivity contribution is -0.0708. The summed E-state index contributed by atoms with van der Waals surface area (Å²) in [7, 11) is 0. The van der Waals surface area contributed by atoms with Crippen molar-refractivity contribution < 1.29 is 4.74 Å². The molecule has 0 aromatic rings. The highest BCUT2D eigenvalue weighted by atomic mass is 16.5. The minimum Gasteiger partial charge on any atom is -0.378 e. The summed E-state index contributed by atoms with van der Waals surface area (Å²) in [4.78, 5) is 2.66. The van der Waals surface area contributed by atoms with Gasteiger partial charge in [0, 0.05) is 25.2 Å². The molecule has 1 heterocycles. The Morgan fingerprint density at radius 3 is 2.75 bits per heavy atom. The molecule has 16 heavy (non-hydrogen) atoms. The molecule has 94 valence electrons. The first-order valence-corrected chi connectivity index (χ1v) is 6.83. The number of likely N-dealkylation sites (tertiary alicyclic amines) is 1. The lowest BCUT2D eigenvalue weighted by Gasteiger charge is -2.49. The van der Waals surface area contributed by atoms with E-state index in [0.717, 1.165) is 25.1 Å². The number of hydrogen-bond donors (Lipinski definition) is 1. The van der Waals surface area contributed by atoms with Crippen molar-refractivity contribution in [2.24, 2.45) is 11.7 Å². The van der Waals surface area contributed by atoms with Crippen molar-refractivity contribution in [2.75, 3.05) is 19.7 Å². The number of rotatable bonds is 4. The van der Waals surface area contributed by atoms with Gasteiger partial charge < -0.3 is 10.5 Å². The average molecular weight is 226 g/mol. The highest BCUT2D eigenvalue weighted by molar-refractivity contribution is 4.94. The Hall–Kier alpha value is -0.120. The van der Waals surface area contributed by atoms with Crippen LogP contribution >= 0.6 is 0 Å². The highest BCUT2D eigenvalue weighted by Crippen LogP contribution is 2.34. The Labute approximate surface area is 99.3 Å². The zero-order chi connectivity index (χ0) is 11.5. The SMILES string of the molecule is CCOC1CC(N2CCCC(C)C2CN)C1. The van der Waals surface area contributed by atoms with E-state index in [0.29, 0.717) is 12.1 Å². The van der Waals surface area contributed by atoms with Crippen LogP contribution in [-0.2, 0) is 4.74 Å². The fourth-order valence-electron chi connectivity index (χ4n) is 3.28. The molecule has 2 fully saturated rings. The summed E-state index contributed by atoms with van der Waals surface area (Å²) in [6.07, 6.45) is 5.65. The van der Waals surface area contributed by atoms with E-state index in [1.165, 1.54) is 32.2 Å². The highest BCUT2D eigenvalue weighted by Gasteiger charge is 2.39. The predicted molar refractivity (Wildman–Crippen MR) is 66.4 cm³/mol. The van der Waals surface area contributed by atoms with Crippen LogP contribution in [0, 0.1) is 5.92 Å². The average Bonchev–Trinajstić information content (AvgIpc) is 2.22. The third-order valence-electron chi connectivity index (χ3n) is 4.34. The van der Waals surface area contributed by atoms with Gasteiger partial charge in [-0.2, -0.15) is 0 Å². The van der Waals surface area contributed by atoms with Gasteiger partial charge in [-0.3, -0.25) is 4.90 Å². The first-order chi connectivity index (χ1) is 7.76. The number of ether oxygens (including phenoxy) is 1. The van der Waals surface area contributed by atoms with Gasteiger partial charge in [0.1, 0.15) is 0 Å². The zero-order valence-electron chi connectivity index (χ0n) is 10.7. The van der Waals surface area contributed by atoms with Gasteiger partial charge in [0.05, 0.1) is 6.10 Å². The van der Waals surface area contributed by atoms with Crippen LogP contribution in [0.5, 0.6) is 0 Å². The Kier molecular flexibility index (Phi) is 4.22. The molecule has 0 bridgehead atoms. The molecule has 1 saturated heterocycles. The topological polar surface area (TPSA) is 38.5 Å². The second-order valence-electron chi connectivity index (χ2n) is 5.36. The lowest BCUT2D eigenvalue weighted by atomic mass is 9.82. The molecule has 1 saturated carbocycles. The number of hydrogen-bond acceptors (Lipinski definition) is 3. The first kappa shape index (κ1) is 12.3. The van der Waals surface area contributed by atoms with Crippen molar-refractivity contribution in [1.82, 2.24) is 4.90 Å². The van der Waals surface area contributed by atoms with Gasteiger partial charge in [-0.15, -0.1) is 0 Å². The monoisotopic (exact) mass is 226 g/mol. The summed E-state index contributed by atoms with van der Waals surface area (Å²) in [5.41, 5.74) is 5.92. The van der Waals surface area contributed by atoms with Crippen molar-refractivity contribution in [3.05, 3.63) is 0 Å². The van der Waals surface area contributed by atoms with Crippen LogP contribution in [0.3, 0.4) is 0 Å². The van der Waals surface area contributed by atoms with Crippen molar-refractivity contribution in [3.8, 4) is 0 Å². The van der Waals surface area contributed by atoms with Crippen LogP contribution in [0.2, 0.25) is 0 Å². The van der Waals surface area contributed by atoms with Gasteiger partial charge in [0.25, 0.3) is 0 Å². The van der Waals surface area contributed by atoms with Crippen molar-refractivity contribution in [3.63, 3.8) is 0 Å². The molecular weight excluding hydrogens is 200 g/mol. The number of piperidine rings is 1. The van der Waals surface area contributed by atoms with E-state index in [9.17, 15) is 0 Å². The Balaban J connectivity index is 1.84. The third-order valence-corrected chi connectivity index (χ3v) is 4.34. The van der Waals surface area contributed by atoms with E-state index >= 15 is 0 Å². The molecular formula is C13H26N2O. The summed E-state index contributed by atoms with van der Waals surface area (Å²) in [6, 6.07) is 1.36. The van der Waals surface area contributed by atoms with Gasteiger partial charge in [-0.25, -0.2) is 0 Å². The molecule has 2 atom stereocenters. The maximum absolute atomic E-state index is 5.92. The maximum Gasteiger partial charge on any atom is 0.0604 e. The predicted octanol–water partition coefficient (Wildman–Crippen LogP) is 1.61. The van der Waals surface area contributed by atoms with Crippen LogP contribution in [0.25, 0.3) is 0 Å². The van der Waals surface area contributed by atoms with Gasteiger partial charge in [-0.05, 0) is 45.1 Å². The van der Waals surface area contributed by atoms with Crippen LogP contribution < -0.4 is 5.73 Å². The number of nitrogens with two attached hydrogens (primary N) is 1. The minimum atomic E-state index is 0.519. The van der Waals surface area contributed by atoms with Gasteiger partial charge in [0.2, 0.25) is 0 Å². The van der Waals surface area contributed by atoms with E-state index in [2.05, 4.69) is 18.7 Å². The van der Waals surface area contributed by atoms with Crippen LogP contribution in [-0.4, -0.2) is 42.8 Å². The van der Waals surface area contributed by atoms with Gasteiger partial charge in [0.15, 0.2) is 0 Å². The molecule has 3 heteroatoms. The molecule has 1 aliphatic carbocycles. The van der Waals surface area contributed by atoms with Crippen molar-refractivity contribution >= 4 is 0 Å². The van der Waals surface area contributed by atoms with E-state index in [4.69, 9.17) is 10.5 Å². The zero-order valence-corrected chi connectivity index (χ0v) is 10.7. The quantitative estimate of drug-likeness (QED) is 0.791. The van der Waals surface area contributed by atoms with Crippen molar-refractivity contribution in [1.29, 1.82) is 0 Å². The van der Waals surface area contributed by atoms with Crippen LogP contribution in [0.4, 0.5) is 0 Å². The summed E-state index contributed by atoms with van der Waals surface area (Å²) in [6.45, 7) is 7.35. The van der Waals surface area contributed by atoms with E-state index in [1.54, 1.807) is 0 Å². The molecule has 2 rings (SSSR count). The Morgan fingerprint density at radius 1 is 1.38 bits per heavy atom. The first-order valence-electron chi connectivity index (χ1n) is 6.83. The smallest absolute Gasteiger partial charge is 0.0604 e. The van der Waals surface area contributed by atoms with E-state index < -0.39 is 0 Å². The second-order valence-corrected chi connectivity index (χ2v) is 5.36. The molecule has 0 spiro atoms. The maximum atomic E-state index is 5.92. The molecule has 0 aromatic carbocycles. The molecule has 3 nitrogen and oxygen atoms in total. The fraction of sp³-hybridized carbons (Fsp3) is 1.00. The summed E-state index contributed by atoms with van der Waals surface area (Å²) in [5.74, 6) is 0.768. The van der Waals surface area contributed by atoms with E-state index in [1.807, 2.05) is 0 Å². The normalized spacial score (nSPS) is 40.7. The third kappa shape index (κ3) is 2.41. The summed E-state index contributed by atoms with van der Waals surface area (Å²) < 4.78 is 5.64. The Morgan fingerprint density at radius 2 is 2.12 bits per heavy atom.